The monoisotopic (exact) mass is 397 g/mol. The third-order valence-corrected chi connectivity index (χ3v) is 6.88. The Morgan fingerprint density at radius 3 is 2.85 bits per heavy atom. The molecule has 1 aromatic carbocycles. The predicted octanol–water partition coefficient (Wildman–Crippen LogP) is 3.84. The van der Waals surface area contributed by atoms with Gasteiger partial charge in [0.25, 0.3) is 0 Å². The molecule has 1 aromatic rings. The molecule has 1 aliphatic heterocycles. The second kappa shape index (κ2) is 8.63. The summed E-state index contributed by atoms with van der Waals surface area (Å²) in [6.45, 7) is 2.91. The van der Waals surface area contributed by atoms with Crippen molar-refractivity contribution in [3.63, 3.8) is 0 Å². The fourth-order valence-electron chi connectivity index (χ4n) is 3.97. The molecule has 1 saturated carbocycles. The molecular formula is C19H24ClNO4S. The van der Waals surface area contributed by atoms with Crippen molar-refractivity contribution < 1.29 is 19.4 Å². The number of nitrogens with one attached hydrogen (secondary N) is 1. The van der Waals surface area contributed by atoms with Crippen molar-refractivity contribution >= 4 is 35.3 Å². The fourth-order valence-corrected chi connectivity index (χ4v) is 5.63. The molecule has 142 valence electrons. The molecule has 1 aliphatic carbocycles. The van der Waals surface area contributed by atoms with Crippen molar-refractivity contribution in [3.05, 3.63) is 28.8 Å². The normalized spacial score (nSPS) is 28.2. The molecule has 0 spiro atoms. The first-order valence-corrected chi connectivity index (χ1v) is 10.3. The number of hydrogen-bond donors (Lipinski definition) is 2. The number of ether oxygens (including phenoxy) is 1. The van der Waals surface area contributed by atoms with Crippen molar-refractivity contribution in [2.45, 2.75) is 48.8 Å². The van der Waals surface area contributed by atoms with Crippen LogP contribution in [0.25, 0.3) is 0 Å². The van der Waals surface area contributed by atoms with Gasteiger partial charge in [-0.3, -0.25) is 4.79 Å². The second-order valence-electron chi connectivity index (χ2n) is 6.97. The van der Waals surface area contributed by atoms with Crippen LogP contribution in [0.5, 0.6) is 0 Å². The van der Waals surface area contributed by atoms with E-state index in [0.29, 0.717) is 40.7 Å². The number of carbonyl (C=O) groups excluding carboxylic acids is 1. The van der Waals surface area contributed by atoms with Gasteiger partial charge in [-0.25, -0.2) is 4.79 Å². The van der Waals surface area contributed by atoms with Crippen LogP contribution in [0.15, 0.2) is 23.1 Å². The smallest absolute Gasteiger partial charge is 0.339 e. The number of piperidine rings is 1. The Kier molecular flexibility index (Phi) is 6.48. The molecule has 0 aromatic heterocycles. The number of carbonyl (C=O) groups is 2. The van der Waals surface area contributed by atoms with Crippen LogP contribution in [0.4, 0.5) is 0 Å². The number of hydrogen-bond acceptors (Lipinski definition) is 5. The van der Waals surface area contributed by atoms with E-state index in [-0.39, 0.29) is 5.97 Å². The second-order valence-corrected chi connectivity index (χ2v) is 8.75. The zero-order valence-corrected chi connectivity index (χ0v) is 16.3. The number of benzene rings is 1. The molecule has 2 aliphatic rings. The quantitative estimate of drug-likeness (QED) is 0.735. The molecule has 3 rings (SSSR count). The Hall–Kier alpha value is -1.24. The van der Waals surface area contributed by atoms with E-state index in [1.54, 1.807) is 30.8 Å². The molecule has 1 saturated heterocycles. The molecule has 2 fully saturated rings. The molecule has 0 radical (unpaired) electrons. The number of halogens is 1. The lowest BCUT2D eigenvalue weighted by molar-refractivity contribution is -0.141. The molecule has 4 atom stereocenters. The maximum atomic E-state index is 12.2. The molecule has 0 bridgehead atoms. The molecule has 1 heterocycles. The van der Waals surface area contributed by atoms with Crippen LogP contribution in [0, 0.1) is 11.8 Å². The first-order valence-electron chi connectivity index (χ1n) is 9.07. The summed E-state index contributed by atoms with van der Waals surface area (Å²) in [5.41, 5.74) is 0.553. The summed E-state index contributed by atoms with van der Waals surface area (Å²) in [7, 11) is 0. The maximum absolute atomic E-state index is 12.2. The van der Waals surface area contributed by atoms with Gasteiger partial charge in [0.2, 0.25) is 0 Å². The van der Waals surface area contributed by atoms with Crippen LogP contribution < -0.4 is 5.32 Å². The van der Waals surface area contributed by atoms with Crippen LogP contribution in [-0.2, 0) is 9.53 Å². The van der Waals surface area contributed by atoms with E-state index in [0.717, 1.165) is 30.7 Å². The molecular weight excluding hydrogens is 374 g/mol. The third kappa shape index (κ3) is 4.53. The molecule has 4 unspecified atom stereocenters. The highest BCUT2D eigenvalue weighted by Gasteiger charge is 2.38. The van der Waals surface area contributed by atoms with Gasteiger partial charge in [-0.2, -0.15) is 0 Å². The summed E-state index contributed by atoms with van der Waals surface area (Å²) >= 11 is 7.81. The largest absolute Gasteiger partial charge is 0.480 e. The van der Waals surface area contributed by atoms with Crippen LogP contribution in [0.3, 0.4) is 0 Å². The van der Waals surface area contributed by atoms with E-state index in [4.69, 9.17) is 16.3 Å². The van der Waals surface area contributed by atoms with Crippen molar-refractivity contribution in [3.8, 4) is 0 Å². The number of aliphatic carboxylic acids is 1. The zero-order valence-electron chi connectivity index (χ0n) is 14.7. The third-order valence-electron chi connectivity index (χ3n) is 5.29. The Bertz CT molecular complexity index is 684. The summed E-state index contributed by atoms with van der Waals surface area (Å²) in [6.07, 6.45) is 3.78. The fraction of sp³-hybridized carbons (Fsp3) is 0.579. The Morgan fingerprint density at radius 1 is 1.31 bits per heavy atom. The van der Waals surface area contributed by atoms with Crippen molar-refractivity contribution in [2.24, 2.45) is 11.8 Å². The first kappa shape index (κ1) is 19.5. The van der Waals surface area contributed by atoms with Gasteiger partial charge >= 0.3 is 11.9 Å². The van der Waals surface area contributed by atoms with E-state index in [9.17, 15) is 14.7 Å². The summed E-state index contributed by atoms with van der Waals surface area (Å²) in [6, 6.07) is 4.81. The Balaban J connectivity index is 1.70. The number of thioether (sulfide) groups is 1. The molecule has 7 heteroatoms. The van der Waals surface area contributed by atoms with Gasteiger partial charge in [0.05, 0.1) is 12.2 Å². The van der Waals surface area contributed by atoms with E-state index in [2.05, 4.69) is 5.32 Å². The van der Waals surface area contributed by atoms with E-state index in [1.807, 2.05) is 6.07 Å². The molecule has 0 amide bonds. The summed E-state index contributed by atoms with van der Waals surface area (Å²) in [5.74, 6) is -0.133. The summed E-state index contributed by atoms with van der Waals surface area (Å²) in [4.78, 5) is 24.3. The minimum absolute atomic E-state index is 0.326. The number of rotatable bonds is 5. The minimum Gasteiger partial charge on any atom is -0.480 e. The van der Waals surface area contributed by atoms with Gasteiger partial charge in [0.15, 0.2) is 0 Å². The van der Waals surface area contributed by atoms with Crippen LogP contribution in [0.1, 0.15) is 43.0 Å². The van der Waals surface area contributed by atoms with Crippen molar-refractivity contribution in [2.75, 3.05) is 13.2 Å². The standard InChI is InChI=1S/C19H24ClNO4S/c1-2-25-19(24)15-6-4-13(20)9-17(15)26-14-5-3-11-10-21-16(18(22)23)8-12(11)7-14/h4,6,9,11-12,14,16,21H,2-3,5,7-8,10H2,1H3,(H,22,23). The van der Waals surface area contributed by atoms with E-state index in [1.165, 1.54) is 0 Å². The van der Waals surface area contributed by atoms with Crippen LogP contribution >= 0.6 is 23.4 Å². The topological polar surface area (TPSA) is 75.6 Å². The summed E-state index contributed by atoms with van der Waals surface area (Å²) in [5, 5.41) is 13.4. The van der Waals surface area contributed by atoms with Gasteiger partial charge in [-0.15, -0.1) is 11.8 Å². The Labute approximate surface area is 162 Å². The first-order chi connectivity index (χ1) is 12.5. The van der Waals surface area contributed by atoms with Gasteiger partial charge in [-0.1, -0.05) is 11.6 Å². The number of fused-ring (bicyclic) bond motifs is 1. The lowest BCUT2D eigenvalue weighted by Crippen LogP contribution is -2.49. The molecule has 26 heavy (non-hydrogen) atoms. The SMILES string of the molecule is CCOC(=O)c1ccc(Cl)cc1SC1CCC2CNC(C(=O)O)CC2C1. The van der Waals surface area contributed by atoms with E-state index < -0.39 is 12.0 Å². The minimum atomic E-state index is -0.766. The Morgan fingerprint density at radius 2 is 2.12 bits per heavy atom. The van der Waals surface area contributed by atoms with Crippen LogP contribution in [-0.4, -0.2) is 41.5 Å². The molecule has 5 nitrogen and oxygen atoms in total. The highest BCUT2D eigenvalue weighted by Crippen LogP contribution is 2.43. The zero-order chi connectivity index (χ0) is 18.7. The average Bonchev–Trinajstić information content (AvgIpc) is 2.61. The number of carboxylic acids is 1. The number of esters is 1. The average molecular weight is 398 g/mol. The molecule has 2 N–H and O–H groups in total. The summed E-state index contributed by atoms with van der Waals surface area (Å²) < 4.78 is 5.16. The van der Waals surface area contributed by atoms with Crippen molar-refractivity contribution in [1.82, 2.24) is 5.32 Å². The maximum Gasteiger partial charge on any atom is 0.339 e. The highest BCUT2D eigenvalue weighted by molar-refractivity contribution is 8.00. The van der Waals surface area contributed by atoms with Crippen molar-refractivity contribution in [1.29, 1.82) is 0 Å². The van der Waals surface area contributed by atoms with Gasteiger partial charge in [-0.05, 0) is 69.2 Å². The lowest BCUT2D eigenvalue weighted by atomic mass is 9.73. The van der Waals surface area contributed by atoms with E-state index >= 15 is 0 Å². The highest BCUT2D eigenvalue weighted by atomic mass is 35.5. The number of carboxylic acid groups (broad SMARTS) is 1. The lowest BCUT2D eigenvalue weighted by Gasteiger charge is -2.41. The van der Waals surface area contributed by atoms with Crippen LogP contribution in [0.2, 0.25) is 5.02 Å². The van der Waals surface area contributed by atoms with Gasteiger partial charge < -0.3 is 15.2 Å². The predicted molar refractivity (Wildman–Crippen MR) is 102 cm³/mol. The van der Waals surface area contributed by atoms with Gasteiger partial charge in [0.1, 0.15) is 6.04 Å². The van der Waals surface area contributed by atoms with Gasteiger partial charge in [0, 0.05) is 15.2 Å².